The molecule has 0 aliphatic rings. The SMILES string of the molecule is CCOC(=O)c1ccccc1NCc1cc(C)ccc1O. The molecular weight excluding hydrogens is 266 g/mol. The number of hydrogen-bond acceptors (Lipinski definition) is 4. The third-order valence-electron chi connectivity index (χ3n) is 3.13. The lowest BCUT2D eigenvalue weighted by Crippen LogP contribution is -2.09. The summed E-state index contributed by atoms with van der Waals surface area (Å²) >= 11 is 0. The highest BCUT2D eigenvalue weighted by Crippen LogP contribution is 2.22. The first-order valence-corrected chi connectivity index (χ1v) is 6.90. The van der Waals surface area contributed by atoms with Gasteiger partial charge in [0.1, 0.15) is 5.75 Å². The van der Waals surface area contributed by atoms with E-state index >= 15 is 0 Å². The van der Waals surface area contributed by atoms with E-state index in [0.29, 0.717) is 24.4 Å². The van der Waals surface area contributed by atoms with Gasteiger partial charge in [0.15, 0.2) is 0 Å². The topological polar surface area (TPSA) is 58.6 Å². The van der Waals surface area contributed by atoms with Crippen molar-refractivity contribution in [3.63, 3.8) is 0 Å². The zero-order valence-electron chi connectivity index (χ0n) is 12.2. The Labute approximate surface area is 124 Å². The van der Waals surface area contributed by atoms with Gasteiger partial charge in [0.05, 0.1) is 12.2 Å². The Morgan fingerprint density at radius 2 is 2.00 bits per heavy atom. The van der Waals surface area contributed by atoms with E-state index in [2.05, 4.69) is 5.32 Å². The lowest BCUT2D eigenvalue weighted by atomic mass is 10.1. The van der Waals surface area contributed by atoms with Crippen molar-refractivity contribution in [3.8, 4) is 5.75 Å². The van der Waals surface area contributed by atoms with E-state index in [1.165, 1.54) is 0 Å². The molecule has 0 heterocycles. The van der Waals surface area contributed by atoms with Gasteiger partial charge in [0, 0.05) is 17.8 Å². The second-order valence-corrected chi connectivity index (χ2v) is 4.75. The minimum Gasteiger partial charge on any atom is -0.508 e. The molecule has 2 N–H and O–H groups in total. The monoisotopic (exact) mass is 285 g/mol. The van der Waals surface area contributed by atoms with Gasteiger partial charge >= 0.3 is 5.97 Å². The van der Waals surface area contributed by atoms with Crippen LogP contribution in [0.4, 0.5) is 5.69 Å². The molecule has 2 rings (SSSR count). The van der Waals surface area contributed by atoms with Crippen molar-refractivity contribution >= 4 is 11.7 Å². The van der Waals surface area contributed by atoms with Crippen LogP contribution < -0.4 is 5.32 Å². The van der Waals surface area contributed by atoms with Crippen LogP contribution in [0.15, 0.2) is 42.5 Å². The van der Waals surface area contributed by atoms with Gasteiger partial charge < -0.3 is 15.2 Å². The molecule has 0 saturated carbocycles. The molecule has 0 unspecified atom stereocenters. The van der Waals surface area contributed by atoms with Crippen molar-refractivity contribution in [2.24, 2.45) is 0 Å². The summed E-state index contributed by atoms with van der Waals surface area (Å²) in [7, 11) is 0. The third kappa shape index (κ3) is 3.75. The fourth-order valence-electron chi connectivity index (χ4n) is 2.07. The highest BCUT2D eigenvalue weighted by molar-refractivity contribution is 5.95. The quantitative estimate of drug-likeness (QED) is 0.826. The summed E-state index contributed by atoms with van der Waals surface area (Å²) in [5, 5.41) is 13.0. The first kappa shape index (κ1) is 14.9. The number of para-hydroxylation sites is 1. The van der Waals surface area contributed by atoms with Gasteiger partial charge in [0.2, 0.25) is 0 Å². The second kappa shape index (κ2) is 6.79. The van der Waals surface area contributed by atoms with Crippen molar-refractivity contribution in [3.05, 3.63) is 59.2 Å². The Balaban J connectivity index is 2.16. The normalized spacial score (nSPS) is 10.2. The number of hydrogen-bond donors (Lipinski definition) is 2. The van der Waals surface area contributed by atoms with Crippen LogP contribution in [0.5, 0.6) is 5.75 Å². The number of anilines is 1. The maximum atomic E-state index is 11.9. The Morgan fingerprint density at radius 1 is 1.24 bits per heavy atom. The number of aryl methyl sites for hydroxylation is 1. The van der Waals surface area contributed by atoms with Crippen LogP contribution >= 0.6 is 0 Å². The van der Waals surface area contributed by atoms with E-state index in [9.17, 15) is 9.90 Å². The Bertz CT molecular complexity index is 638. The standard InChI is InChI=1S/C17H19NO3/c1-3-21-17(20)14-6-4-5-7-15(14)18-11-13-10-12(2)8-9-16(13)19/h4-10,18-19H,3,11H2,1-2H3. The maximum Gasteiger partial charge on any atom is 0.340 e. The van der Waals surface area contributed by atoms with Gasteiger partial charge in [-0.15, -0.1) is 0 Å². The van der Waals surface area contributed by atoms with Crippen LogP contribution in [0.25, 0.3) is 0 Å². The molecule has 0 bridgehead atoms. The van der Waals surface area contributed by atoms with E-state index in [1.807, 2.05) is 31.2 Å². The molecule has 110 valence electrons. The molecule has 0 fully saturated rings. The molecule has 0 amide bonds. The fraction of sp³-hybridized carbons (Fsp3) is 0.235. The molecule has 21 heavy (non-hydrogen) atoms. The summed E-state index contributed by atoms with van der Waals surface area (Å²) in [6.07, 6.45) is 0. The number of carbonyl (C=O) groups excluding carboxylic acids is 1. The maximum absolute atomic E-state index is 11.9. The van der Waals surface area contributed by atoms with E-state index < -0.39 is 0 Å². The van der Waals surface area contributed by atoms with Crippen LogP contribution in [0.3, 0.4) is 0 Å². The summed E-state index contributed by atoms with van der Waals surface area (Å²) < 4.78 is 5.04. The molecule has 4 nitrogen and oxygen atoms in total. The molecule has 0 saturated heterocycles. The highest BCUT2D eigenvalue weighted by atomic mass is 16.5. The lowest BCUT2D eigenvalue weighted by molar-refractivity contribution is 0.0527. The first-order valence-electron chi connectivity index (χ1n) is 6.90. The average Bonchev–Trinajstić information content (AvgIpc) is 2.49. The van der Waals surface area contributed by atoms with Gasteiger partial charge in [-0.05, 0) is 32.0 Å². The Morgan fingerprint density at radius 3 is 2.76 bits per heavy atom. The van der Waals surface area contributed by atoms with Crippen molar-refractivity contribution in [1.29, 1.82) is 0 Å². The molecule has 2 aromatic rings. The summed E-state index contributed by atoms with van der Waals surface area (Å²) in [4.78, 5) is 11.9. The summed E-state index contributed by atoms with van der Waals surface area (Å²) in [6, 6.07) is 12.6. The predicted octanol–water partition coefficient (Wildman–Crippen LogP) is 3.49. The van der Waals surface area contributed by atoms with Gasteiger partial charge in [-0.3, -0.25) is 0 Å². The average molecular weight is 285 g/mol. The zero-order chi connectivity index (χ0) is 15.2. The van der Waals surface area contributed by atoms with E-state index in [-0.39, 0.29) is 11.7 Å². The number of phenols is 1. The number of esters is 1. The number of carbonyl (C=O) groups is 1. The molecule has 2 aromatic carbocycles. The summed E-state index contributed by atoms with van der Waals surface area (Å²) in [6.45, 7) is 4.52. The fourth-order valence-corrected chi connectivity index (χ4v) is 2.07. The molecule has 0 aliphatic heterocycles. The van der Waals surface area contributed by atoms with Gasteiger partial charge in [-0.2, -0.15) is 0 Å². The zero-order valence-corrected chi connectivity index (χ0v) is 12.2. The van der Waals surface area contributed by atoms with Crippen LogP contribution in [0.2, 0.25) is 0 Å². The molecule has 0 spiro atoms. The molecule has 0 radical (unpaired) electrons. The minimum absolute atomic E-state index is 0.238. The van der Waals surface area contributed by atoms with Crippen molar-refractivity contribution in [2.75, 3.05) is 11.9 Å². The van der Waals surface area contributed by atoms with E-state index in [4.69, 9.17) is 4.74 Å². The van der Waals surface area contributed by atoms with Crippen molar-refractivity contribution < 1.29 is 14.6 Å². The number of ether oxygens (including phenoxy) is 1. The van der Waals surface area contributed by atoms with Crippen LogP contribution in [0, 0.1) is 6.92 Å². The van der Waals surface area contributed by atoms with Crippen molar-refractivity contribution in [1.82, 2.24) is 0 Å². The molecular formula is C17H19NO3. The van der Waals surface area contributed by atoms with Crippen molar-refractivity contribution in [2.45, 2.75) is 20.4 Å². The van der Waals surface area contributed by atoms with Gasteiger partial charge in [-0.1, -0.05) is 29.8 Å². The first-order chi connectivity index (χ1) is 10.1. The number of benzene rings is 2. The van der Waals surface area contributed by atoms with Crippen LogP contribution in [0.1, 0.15) is 28.4 Å². The minimum atomic E-state index is -0.353. The Kier molecular flexibility index (Phi) is 4.82. The second-order valence-electron chi connectivity index (χ2n) is 4.75. The molecule has 0 aromatic heterocycles. The highest BCUT2D eigenvalue weighted by Gasteiger charge is 2.12. The van der Waals surface area contributed by atoms with Gasteiger partial charge in [-0.25, -0.2) is 4.79 Å². The van der Waals surface area contributed by atoms with E-state index in [1.54, 1.807) is 25.1 Å². The molecule has 0 aliphatic carbocycles. The number of nitrogens with one attached hydrogen (secondary N) is 1. The van der Waals surface area contributed by atoms with E-state index in [0.717, 1.165) is 11.1 Å². The molecule has 0 atom stereocenters. The molecule has 4 heteroatoms. The summed E-state index contributed by atoms with van der Waals surface area (Å²) in [5.74, 6) is -0.115. The van der Waals surface area contributed by atoms with Crippen LogP contribution in [-0.2, 0) is 11.3 Å². The third-order valence-corrected chi connectivity index (χ3v) is 3.13. The predicted molar refractivity (Wildman–Crippen MR) is 82.6 cm³/mol. The number of phenolic OH excluding ortho intramolecular Hbond substituents is 1. The Hall–Kier alpha value is -2.49. The smallest absolute Gasteiger partial charge is 0.340 e. The van der Waals surface area contributed by atoms with Crippen LogP contribution in [-0.4, -0.2) is 17.7 Å². The largest absolute Gasteiger partial charge is 0.508 e. The van der Waals surface area contributed by atoms with Gasteiger partial charge in [0.25, 0.3) is 0 Å². The summed E-state index contributed by atoms with van der Waals surface area (Å²) in [5.41, 5.74) is 3.04. The number of aromatic hydroxyl groups is 1. The lowest BCUT2D eigenvalue weighted by Gasteiger charge is -2.12. The number of rotatable bonds is 5.